The molecule has 2 N–H and O–H groups in total. The van der Waals surface area contributed by atoms with Crippen molar-refractivity contribution in [2.24, 2.45) is 11.7 Å². The fourth-order valence-corrected chi connectivity index (χ4v) is 2.67. The summed E-state index contributed by atoms with van der Waals surface area (Å²) in [6.07, 6.45) is 2.26. The van der Waals surface area contributed by atoms with Crippen LogP contribution in [0.4, 0.5) is 4.39 Å². The third-order valence-electron chi connectivity index (χ3n) is 4.23. The summed E-state index contributed by atoms with van der Waals surface area (Å²) in [5.74, 6) is 0.0910. The van der Waals surface area contributed by atoms with E-state index >= 15 is 0 Å². The highest BCUT2D eigenvalue weighted by Crippen LogP contribution is 2.31. The van der Waals surface area contributed by atoms with Crippen molar-refractivity contribution in [2.45, 2.75) is 19.4 Å². The molecule has 136 valence electrons. The number of carbonyl (C=O) groups is 2. The summed E-state index contributed by atoms with van der Waals surface area (Å²) in [7, 11) is 0. The Hall–Kier alpha value is -2.89. The summed E-state index contributed by atoms with van der Waals surface area (Å²) in [6.45, 7) is 0.928. The number of rotatable bonds is 8. The van der Waals surface area contributed by atoms with Gasteiger partial charge in [-0.15, -0.1) is 0 Å². The molecule has 3 rings (SSSR count). The molecule has 0 heterocycles. The van der Waals surface area contributed by atoms with Gasteiger partial charge in [-0.25, -0.2) is 4.39 Å². The molecule has 2 aromatic carbocycles. The molecule has 5 nitrogen and oxygen atoms in total. The zero-order valence-electron chi connectivity index (χ0n) is 14.4. The van der Waals surface area contributed by atoms with Gasteiger partial charge in [0.2, 0.25) is 0 Å². The van der Waals surface area contributed by atoms with Gasteiger partial charge in [-0.05, 0) is 60.7 Å². The third kappa shape index (κ3) is 5.05. The number of amides is 2. The molecule has 1 saturated carbocycles. The average Bonchev–Trinajstić information content (AvgIpc) is 3.45. The summed E-state index contributed by atoms with van der Waals surface area (Å²) >= 11 is 0. The molecule has 2 aromatic rings. The summed E-state index contributed by atoms with van der Waals surface area (Å²) in [4.78, 5) is 25.4. The monoisotopic (exact) mass is 356 g/mol. The van der Waals surface area contributed by atoms with Crippen LogP contribution in [0.5, 0.6) is 5.75 Å². The molecule has 0 atom stereocenters. The summed E-state index contributed by atoms with van der Waals surface area (Å²) in [5.41, 5.74) is 6.48. The molecule has 0 aliphatic heterocycles. The molecule has 0 saturated heterocycles. The van der Waals surface area contributed by atoms with Crippen molar-refractivity contribution in [3.8, 4) is 5.75 Å². The van der Waals surface area contributed by atoms with Gasteiger partial charge in [0.15, 0.2) is 6.61 Å². The molecule has 0 aromatic heterocycles. The Morgan fingerprint density at radius 3 is 2.31 bits per heavy atom. The van der Waals surface area contributed by atoms with Crippen LogP contribution in [0.2, 0.25) is 0 Å². The van der Waals surface area contributed by atoms with Gasteiger partial charge in [0, 0.05) is 18.7 Å². The van der Waals surface area contributed by atoms with Crippen molar-refractivity contribution in [1.82, 2.24) is 4.90 Å². The predicted molar refractivity (Wildman–Crippen MR) is 95.0 cm³/mol. The van der Waals surface area contributed by atoms with Crippen LogP contribution in [0.15, 0.2) is 48.5 Å². The Morgan fingerprint density at radius 1 is 1.08 bits per heavy atom. The largest absolute Gasteiger partial charge is 0.484 e. The van der Waals surface area contributed by atoms with E-state index in [1.165, 1.54) is 12.1 Å². The molecule has 6 heteroatoms. The quantitative estimate of drug-likeness (QED) is 0.790. The third-order valence-corrected chi connectivity index (χ3v) is 4.23. The fraction of sp³-hybridized carbons (Fsp3) is 0.300. The number of carbonyl (C=O) groups excluding carboxylic acids is 2. The zero-order valence-corrected chi connectivity index (χ0v) is 14.4. The summed E-state index contributed by atoms with van der Waals surface area (Å²) < 4.78 is 18.3. The highest BCUT2D eigenvalue weighted by atomic mass is 19.1. The van der Waals surface area contributed by atoms with Gasteiger partial charge in [0.25, 0.3) is 11.8 Å². The van der Waals surface area contributed by atoms with Gasteiger partial charge >= 0.3 is 0 Å². The van der Waals surface area contributed by atoms with Crippen molar-refractivity contribution in [1.29, 1.82) is 0 Å². The maximum absolute atomic E-state index is 13.1. The number of nitrogens with two attached hydrogens (primary N) is 1. The van der Waals surface area contributed by atoms with E-state index in [0.29, 0.717) is 30.3 Å². The van der Waals surface area contributed by atoms with E-state index in [1.807, 2.05) is 0 Å². The minimum absolute atomic E-state index is 0.0809. The number of hydrogen-bond donors (Lipinski definition) is 1. The molecular weight excluding hydrogens is 335 g/mol. The van der Waals surface area contributed by atoms with Crippen molar-refractivity contribution in [2.75, 3.05) is 13.2 Å². The highest BCUT2D eigenvalue weighted by Gasteiger charge is 2.27. The van der Waals surface area contributed by atoms with Crippen LogP contribution in [0, 0.1) is 11.7 Å². The maximum Gasteiger partial charge on any atom is 0.255 e. The molecule has 0 unspecified atom stereocenters. The molecule has 2 amide bonds. The standard InChI is InChI=1S/C20H21FN2O3/c21-17-7-3-15(4-8-17)12-23(11-14-1-2-14)20(25)16-5-9-18(10-6-16)26-13-19(22)24/h3-10,14H,1-2,11-13H2,(H2,22,24). The SMILES string of the molecule is NC(=O)COc1ccc(C(=O)N(Cc2ccc(F)cc2)CC2CC2)cc1. The van der Waals surface area contributed by atoms with E-state index < -0.39 is 5.91 Å². The second-order valence-corrected chi connectivity index (χ2v) is 6.53. The first-order chi connectivity index (χ1) is 12.5. The second kappa shape index (κ2) is 7.99. The number of halogens is 1. The van der Waals surface area contributed by atoms with Crippen LogP contribution >= 0.6 is 0 Å². The number of ether oxygens (including phenoxy) is 1. The van der Waals surface area contributed by atoms with Crippen LogP contribution in [0.25, 0.3) is 0 Å². The normalized spacial score (nSPS) is 13.3. The molecule has 1 aliphatic carbocycles. The minimum atomic E-state index is -0.556. The van der Waals surface area contributed by atoms with E-state index in [9.17, 15) is 14.0 Å². The number of benzene rings is 2. The molecule has 1 fully saturated rings. The van der Waals surface area contributed by atoms with Gasteiger partial charge in [-0.1, -0.05) is 12.1 Å². The van der Waals surface area contributed by atoms with E-state index in [1.54, 1.807) is 41.3 Å². The Balaban J connectivity index is 1.69. The lowest BCUT2D eigenvalue weighted by atomic mass is 10.1. The molecule has 0 radical (unpaired) electrons. The van der Waals surface area contributed by atoms with E-state index in [4.69, 9.17) is 10.5 Å². The first kappa shape index (κ1) is 17.9. The van der Waals surface area contributed by atoms with Crippen LogP contribution < -0.4 is 10.5 Å². The van der Waals surface area contributed by atoms with Crippen LogP contribution in [-0.4, -0.2) is 29.9 Å². The summed E-state index contributed by atoms with van der Waals surface area (Å²) in [6, 6.07) is 12.8. The molecule has 1 aliphatic rings. The van der Waals surface area contributed by atoms with Crippen LogP contribution in [0.3, 0.4) is 0 Å². The average molecular weight is 356 g/mol. The van der Waals surface area contributed by atoms with E-state index in [0.717, 1.165) is 18.4 Å². The number of primary amides is 1. The van der Waals surface area contributed by atoms with Gasteiger partial charge in [0.05, 0.1) is 0 Å². The Kier molecular flexibility index (Phi) is 5.51. The first-order valence-corrected chi connectivity index (χ1v) is 8.56. The van der Waals surface area contributed by atoms with Gasteiger partial charge in [0.1, 0.15) is 11.6 Å². The Bertz CT molecular complexity index is 771. The topological polar surface area (TPSA) is 72.6 Å². The lowest BCUT2D eigenvalue weighted by Gasteiger charge is -2.23. The number of hydrogen-bond acceptors (Lipinski definition) is 3. The smallest absolute Gasteiger partial charge is 0.255 e. The lowest BCUT2D eigenvalue weighted by molar-refractivity contribution is -0.119. The van der Waals surface area contributed by atoms with Crippen molar-refractivity contribution in [3.05, 3.63) is 65.5 Å². The van der Waals surface area contributed by atoms with E-state index in [-0.39, 0.29) is 18.3 Å². The summed E-state index contributed by atoms with van der Waals surface area (Å²) in [5, 5.41) is 0. The van der Waals surface area contributed by atoms with E-state index in [2.05, 4.69) is 0 Å². The lowest BCUT2D eigenvalue weighted by Crippen LogP contribution is -2.32. The van der Waals surface area contributed by atoms with Crippen LogP contribution in [0.1, 0.15) is 28.8 Å². The molecular formula is C20H21FN2O3. The predicted octanol–water partition coefficient (Wildman–Crippen LogP) is 2.74. The van der Waals surface area contributed by atoms with Crippen molar-refractivity contribution >= 4 is 11.8 Å². The Labute approximate surface area is 151 Å². The highest BCUT2D eigenvalue weighted by molar-refractivity contribution is 5.94. The molecule has 26 heavy (non-hydrogen) atoms. The second-order valence-electron chi connectivity index (χ2n) is 6.53. The van der Waals surface area contributed by atoms with Crippen LogP contribution in [-0.2, 0) is 11.3 Å². The van der Waals surface area contributed by atoms with Gasteiger partial charge < -0.3 is 15.4 Å². The van der Waals surface area contributed by atoms with Crippen molar-refractivity contribution in [3.63, 3.8) is 0 Å². The number of nitrogens with zero attached hydrogens (tertiary/aromatic N) is 1. The molecule has 0 spiro atoms. The molecule has 0 bridgehead atoms. The van der Waals surface area contributed by atoms with Gasteiger partial charge in [-0.3, -0.25) is 9.59 Å². The maximum atomic E-state index is 13.1. The minimum Gasteiger partial charge on any atom is -0.484 e. The first-order valence-electron chi connectivity index (χ1n) is 8.56. The van der Waals surface area contributed by atoms with Gasteiger partial charge in [-0.2, -0.15) is 0 Å². The fourth-order valence-electron chi connectivity index (χ4n) is 2.67. The van der Waals surface area contributed by atoms with Crippen molar-refractivity contribution < 1.29 is 18.7 Å². The Morgan fingerprint density at radius 2 is 1.73 bits per heavy atom. The zero-order chi connectivity index (χ0) is 18.5.